The van der Waals surface area contributed by atoms with Gasteiger partial charge in [0.1, 0.15) is 0 Å². The first-order valence-corrected chi connectivity index (χ1v) is 6.50. The number of nitrogens with two attached hydrogens (primary N) is 1. The summed E-state index contributed by atoms with van der Waals surface area (Å²) in [5.74, 6) is 0.506. The number of rotatable bonds is 2. The fourth-order valence-corrected chi connectivity index (χ4v) is 3.09. The normalized spacial score (nSPS) is 18.5. The zero-order valence-corrected chi connectivity index (χ0v) is 11.9. The summed E-state index contributed by atoms with van der Waals surface area (Å²) in [6, 6.07) is -0.0525. The van der Waals surface area contributed by atoms with Gasteiger partial charge in [0.15, 0.2) is 0 Å². The average Bonchev–Trinajstić information content (AvgIpc) is 2.30. The summed E-state index contributed by atoms with van der Waals surface area (Å²) in [6.45, 7) is 0. The Bertz CT molecular complexity index is 345. The fourth-order valence-electron chi connectivity index (χ4n) is 2.47. The van der Waals surface area contributed by atoms with E-state index in [1.807, 2.05) is 0 Å². The lowest BCUT2D eigenvalue weighted by atomic mass is 9.82. The van der Waals surface area contributed by atoms with Gasteiger partial charge in [-0.05, 0) is 18.8 Å². The van der Waals surface area contributed by atoms with Gasteiger partial charge < -0.3 is 5.73 Å². The monoisotopic (exact) mass is 294 g/mol. The fraction of sp³-hybridized carbons (Fsp3) is 0.583. The third kappa shape index (κ3) is 3.47. The highest BCUT2D eigenvalue weighted by molar-refractivity contribution is 6.35. The highest BCUT2D eigenvalue weighted by Crippen LogP contribution is 2.38. The Balaban J connectivity index is 0.00000144. The molecule has 1 aromatic rings. The molecule has 0 spiro atoms. The molecule has 1 fully saturated rings. The van der Waals surface area contributed by atoms with E-state index in [0.29, 0.717) is 16.0 Å². The Morgan fingerprint density at radius 3 is 2.18 bits per heavy atom. The predicted molar refractivity (Wildman–Crippen MR) is 75.0 cm³/mol. The van der Waals surface area contributed by atoms with Crippen LogP contribution in [0.1, 0.15) is 43.7 Å². The minimum Gasteiger partial charge on any atom is -0.324 e. The molecule has 1 aliphatic rings. The molecule has 5 heteroatoms. The van der Waals surface area contributed by atoms with Crippen LogP contribution in [0.4, 0.5) is 0 Å². The molecule has 0 saturated heterocycles. The van der Waals surface area contributed by atoms with E-state index < -0.39 is 0 Å². The quantitative estimate of drug-likeness (QED) is 0.879. The van der Waals surface area contributed by atoms with Crippen molar-refractivity contribution in [3.8, 4) is 0 Å². The van der Waals surface area contributed by atoms with Crippen LogP contribution >= 0.6 is 35.6 Å². The molecule has 1 aromatic heterocycles. The lowest BCUT2D eigenvalue weighted by molar-refractivity contribution is 0.308. The Hall–Kier alpha value is -0.0200. The van der Waals surface area contributed by atoms with Crippen LogP contribution in [-0.2, 0) is 0 Å². The molecule has 17 heavy (non-hydrogen) atoms. The zero-order valence-electron chi connectivity index (χ0n) is 9.53. The number of nitrogens with zero attached hydrogens (tertiary/aromatic N) is 1. The van der Waals surface area contributed by atoms with E-state index >= 15 is 0 Å². The lowest BCUT2D eigenvalue weighted by Crippen LogP contribution is -2.24. The maximum Gasteiger partial charge on any atom is 0.0652 e. The minimum atomic E-state index is -0.0525. The van der Waals surface area contributed by atoms with E-state index in [-0.39, 0.29) is 18.4 Å². The topological polar surface area (TPSA) is 38.9 Å². The molecule has 0 aliphatic heterocycles. The number of aromatic nitrogens is 1. The largest absolute Gasteiger partial charge is 0.324 e. The van der Waals surface area contributed by atoms with Gasteiger partial charge in [0.2, 0.25) is 0 Å². The van der Waals surface area contributed by atoms with Gasteiger partial charge in [-0.1, -0.05) is 42.5 Å². The first kappa shape index (κ1) is 15.0. The van der Waals surface area contributed by atoms with Crippen LogP contribution in [-0.4, -0.2) is 4.98 Å². The Labute approximate surface area is 118 Å². The van der Waals surface area contributed by atoms with E-state index in [1.54, 1.807) is 12.4 Å². The molecule has 0 unspecified atom stereocenters. The molecule has 0 amide bonds. The van der Waals surface area contributed by atoms with Crippen molar-refractivity contribution < 1.29 is 0 Å². The highest BCUT2D eigenvalue weighted by atomic mass is 35.5. The van der Waals surface area contributed by atoms with Crippen LogP contribution in [0.5, 0.6) is 0 Å². The van der Waals surface area contributed by atoms with Crippen molar-refractivity contribution >= 4 is 35.6 Å². The van der Waals surface area contributed by atoms with Crippen LogP contribution in [0.3, 0.4) is 0 Å². The van der Waals surface area contributed by atoms with Crippen molar-refractivity contribution in [1.82, 2.24) is 4.98 Å². The van der Waals surface area contributed by atoms with Gasteiger partial charge in [-0.25, -0.2) is 0 Å². The van der Waals surface area contributed by atoms with Crippen molar-refractivity contribution in [2.24, 2.45) is 11.7 Å². The maximum atomic E-state index is 6.27. The highest BCUT2D eigenvalue weighted by Gasteiger charge is 2.25. The molecular weight excluding hydrogens is 279 g/mol. The second-order valence-corrected chi connectivity index (χ2v) is 5.26. The van der Waals surface area contributed by atoms with E-state index in [2.05, 4.69) is 4.98 Å². The van der Waals surface area contributed by atoms with E-state index in [4.69, 9.17) is 28.9 Å². The van der Waals surface area contributed by atoms with Crippen LogP contribution in [0.2, 0.25) is 10.0 Å². The Morgan fingerprint density at radius 2 is 1.65 bits per heavy atom. The molecule has 2 N–H and O–H groups in total. The average molecular weight is 296 g/mol. The molecule has 1 heterocycles. The van der Waals surface area contributed by atoms with Gasteiger partial charge in [0.25, 0.3) is 0 Å². The van der Waals surface area contributed by atoms with Crippen molar-refractivity contribution in [3.63, 3.8) is 0 Å². The first-order valence-electron chi connectivity index (χ1n) is 5.74. The maximum absolute atomic E-state index is 6.27. The molecule has 2 rings (SSSR count). The third-order valence-electron chi connectivity index (χ3n) is 3.38. The number of pyridine rings is 1. The molecule has 1 atom stereocenters. The predicted octanol–water partition coefficient (Wildman–Crippen LogP) is 4.39. The number of halogens is 3. The number of hydrogen-bond donors (Lipinski definition) is 1. The molecule has 0 aromatic carbocycles. The molecule has 0 radical (unpaired) electrons. The van der Waals surface area contributed by atoms with Crippen molar-refractivity contribution in [2.75, 3.05) is 0 Å². The Morgan fingerprint density at radius 1 is 1.12 bits per heavy atom. The third-order valence-corrected chi connectivity index (χ3v) is 3.98. The summed E-state index contributed by atoms with van der Waals surface area (Å²) in [5, 5.41) is 1.18. The molecular formula is C12H17Cl3N2. The minimum absolute atomic E-state index is 0. The second-order valence-electron chi connectivity index (χ2n) is 4.44. The summed E-state index contributed by atoms with van der Waals surface area (Å²) in [4.78, 5) is 3.95. The van der Waals surface area contributed by atoms with Crippen molar-refractivity contribution in [2.45, 2.75) is 38.1 Å². The van der Waals surface area contributed by atoms with Gasteiger partial charge in [0, 0.05) is 24.0 Å². The molecule has 1 aliphatic carbocycles. The molecule has 96 valence electrons. The molecule has 2 nitrogen and oxygen atoms in total. The lowest BCUT2D eigenvalue weighted by Gasteiger charge is -2.28. The molecule has 0 bridgehead atoms. The van der Waals surface area contributed by atoms with E-state index in [9.17, 15) is 0 Å². The summed E-state index contributed by atoms with van der Waals surface area (Å²) in [6.07, 6.45) is 9.43. The second kappa shape index (κ2) is 6.79. The van der Waals surface area contributed by atoms with Gasteiger partial charge >= 0.3 is 0 Å². The van der Waals surface area contributed by atoms with Gasteiger partial charge in [-0.3, -0.25) is 4.98 Å². The van der Waals surface area contributed by atoms with Gasteiger partial charge in [-0.2, -0.15) is 0 Å². The zero-order chi connectivity index (χ0) is 11.5. The van der Waals surface area contributed by atoms with Crippen LogP contribution < -0.4 is 5.73 Å². The molecule has 1 saturated carbocycles. The SMILES string of the molecule is Cl.N[C@@H](c1c(Cl)cncc1Cl)C1CCCCC1. The van der Waals surface area contributed by atoms with Crippen LogP contribution in [0.25, 0.3) is 0 Å². The smallest absolute Gasteiger partial charge is 0.0652 e. The van der Waals surface area contributed by atoms with Crippen molar-refractivity contribution in [1.29, 1.82) is 0 Å². The summed E-state index contributed by atoms with van der Waals surface area (Å²) >= 11 is 12.2. The van der Waals surface area contributed by atoms with Crippen LogP contribution in [0.15, 0.2) is 12.4 Å². The standard InChI is InChI=1S/C12H16Cl2N2.ClH/c13-9-6-16-7-10(14)11(9)12(15)8-4-2-1-3-5-8;/h6-8,12H,1-5,15H2;1H/t12-;/m1./s1. The Kier molecular flexibility index (Phi) is 6.01. The first-order chi connectivity index (χ1) is 7.70. The van der Waals surface area contributed by atoms with Gasteiger partial charge in [0.05, 0.1) is 10.0 Å². The van der Waals surface area contributed by atoms with E-state index in [0.717, 1.165) is 5.56 Å². The summed E-state index contributed by atoms with van der Waals surface area (Å²) in [5.41, 5.74) is 7.14. The summed E-state index contributed by atoms with van der Waals surface area (Å²) < 4.78 is 0. The van der Waals surface area contributed by atoms with Crippen LogP contribution in [0, 0.1) is 5.92 Å². The van der Waals surface area contributed by atoms with E-state index in [1.165, 1.54) is 32.1 Å². The number of hydrogen-bond acceptors (Lipinski definition) is 2. The summed E-state index contributed by atoms with van der Waals surface area (Å²) in [7, 11) is 0. The van der Waals surface area contributed by atoms with Gasteiger partial charge in [-0.15, -0.1) is 12.4 Å². The van der Waals surface area contributed by atoms with Crippen molar-refractivity contribution in [3.05, 3.63) is 28.0 Å².